The van der Waals surface area contributed by atoms with Crippen LogP contribution in [0.15, 0.2) is 35.6 Å². The molecule has 32 heavy (non-hydrogen) atoms. The van der Waals surface area contributed by atoms with Gasteiger partial charge in [-0.3, -0.25) is 9.59 Å². The summed E-state index contributed by atoms with van der Waals surface area (Å²) in [6.07, 6.45) is 2.02. The third-order valence-corrected chi connectivity index (χ3v) is 6.48. The van der Waals surface area contributed by atoms with E-state index in [0.29, 0.717) is 30.3 Å². The fourth-order valence-corrected chi connectivity index (χ4v) is 4.59. The van der Waals surface area contributed by atoms with Crippen molar-refractivity contribution in [2.75, 3.05) is 33.8 Å². The molecule has 1 atom stereocenters. The Kier molecular flexibility index (Phi) is 7.69. The van der Waals surface area contributed by atoms with Gasteiger partial charge in [-0.15, -0.1) is 11.3 Å². The van der Waals surface area contributed by atoms with Crippen LogP contribution in [0.1, 0.15) is 51.7 Å². The zero-order valence-electron chi connectivity index (χ0n) is 19.3. The van der Waals surface area contributed by atoms with Gasteiger partial charge < -0.3 is 19.6 Å². The van der Waals surface area contributed by atoms with Crippen LogP contribution < -0.4 is 4.74 Å². The quantitative estimate of drug-likeness (QED) is 0.428. The van der Waals surface area contributed by atoms with E-state index in [-0.39, 0.29) is 11.4 Å². The summed E-state index contributed by atoms with van der Waals surface area (Å²) in [7, 11) is 3.83. The van der Waals surface area contributed by atoms with Crippen LogP contribution in [0.5, 0.6) is 5.75 Å². The highest BCUT2D eigenvalue weighted by Crippen LogP contribution is 2.40. The normalized spacial score (nSPS) is 16.4. The van der Waals surface area contributed by atoms with Gasteiger partial charge >= 0.3 is 0 Å². The van der Waals surface area contributed by atoms with Gasteiger partial charge in [0.25, 0.3) is 5.91 Å². The van der Waals surface area contributed by atoms with Crippen molar-refractivity contribution < 1.29 is 19.4 Å². The number of aromatic nitrogens is 1. The van der Waals surface area contributed by atoms with Crippen molar-refractivity contribution >= 4 is 23.0 Å². The molecular weight excluding hydrogens is 426 g/mol. The molecule has 1 amide bonds. The number of ether oxygens (including phenoxy) is 1. The summed E-state index contributed by atoms with van der Waals surface area (Å²) in [5, 5.41) is 11.5. The maximum atomic E-state index is 13.5. The monoisotopic (exact) mass is 457 g/mol. The number of carbonyl (C=O) groups excluding carboxylic acids is 2. The number of aliphatic hydroxyl groups excluding tert-OH is 1. The molecule has 0 bridgehead atoms. The average molecular weight is 458 g/mol. The smallest absolute Gasteiger partial charge is 0.290 e. The van der Waals surface area contributed by atoms with Gasteiger partial charge in [-0.1, -0.05) is 25.5 Å². The Morgan fingerprint density at radius 2 is 1.94 bits per heavy atom. The standard InChI is InChI=1S/C24H31N3O4S/c1-6-7-14-31-18-10-8-17(9-11-18)20-19(21(28)23-15(2)25-16(3)32-23)22(29)24(30)27(20)13-12-26(4)5/h8-11,20,29H,6-7,12-14H2,1-5H3. The van der Waals surface area contributed by atoms with Crippen LogP contribution in [0.25, 0.3) is 0 Å². The third kappa shape index (κ3) is 5.02. The topological polar surface area (TPSA) is 83.0 Å². The van der Waals surface area contributed by atoms with Gasteiger partial charge in [-0.2, -0.15) is 0 Å². The number of nitrogens with zero attached hydrogens (tertiary/aromatic N) is 3. The first kappa shape index (κ1) is 23.9. The van der Waals surface area contributed by atoms with Gasteiger partial charge in [0.1, 0.15) is 5.75 Å². The molecule has 1 aromatic heterocycles. The Morgan fingerprint density at radius 1 is 1.25 bits per heavy atom. The van der Waals surface area contributed by atoms with Gasteiger partial charge in [0.15, 0.2) is 5.76 Å². The van der Waals surface area contributed by atoms with Crippen LogP contribution in [-0.4, -0.2) is 65.4 Å². The molecule has 0 radical (unpaired) electrons. The van der Waals surface area contributed by atoms with E-state index < -0.39 is 17.7 Å². The number of amides is 1. The molecule has 1 aliphatic heterocycles. The molecule has 172 valence electrons. The van der Waals surface area contributed by atoms with E-state index in [2.05, 4.69) is 11.9 Å². The number of benzene rings is 1. The summed E-state index contributed by atoms with van der Waals surface area (Å²) < 4.78 is 5.75. The van der Waals surface area contributed by atoms with Gasteiger partial charge in [0.2, 0.25) is 5.78 Å². The fraction of sp³-hybridized carbons (Fsp3) is 0.458. The van der Waals surface area contributed by atoms with Crippen LogP contribution in [0, 0.1) is 13.8 Å². The molecular formula is C24H31N3O4S. The van der Waals surface area contributed by atoms with Crippen molar-refractivity contribution in [2.45, 2.75) is 39.7 Å². The number of hydrogen-bond donors (Lipinski definition) is 1. The molecule has 7 nitrogen and oxygen atoms in total. The van der Waals surface area contributed by atoms with Gasteiger partial charge in [-0.05, 0) is 52.1 Å². The van der Waals surface area contributed by atoms with E-state index in [0.717, 1.165) is 29.2 Å². The van der Waals surface area contributed by atoms with Crippen molar-refractivity contribution in [1.82, 2.24) is 14.8 Å². The second-order valence-electron chi connectivity index (χ2n) is 8.21. The minimum Gasteiger partial charge on any atom is -0.503 e. The number of carbonyl (C=O) groups is 2. The summed E-state index contributed by atoms with van der Waals surface area (Å²) in [4.78, 5) is 34.8. The first-order chi connectivity index (χ1) is 15.2. The minimum absolute atomic E-state index is 0.111. The van der Waals surface area contributed by atoms with E-state index >= 15 is 0 Å². The number of Topliss-reactive ketones (excluding diaryl/α,β-unsaturated/α-hetero) is 1. The molecule has 0 spiro atoms. The Balaban J connectivity index is 1.98. The van der Waals surface area contributed by atoms with Crippen molar-refractivity contribution in [3.63, 3.8) is 0 Å². The lowest BCUT2D eigenvalue weighted by Gasteiger charge is -2.28. The Hall–Kier alpha value is -2.71. The van der Waals surface area contributed by atoms with Crippen molar-refractivity contribution in [1.29, 1.82) is 0 Å². The van der Waals surface area contributed by atoms with Crippen LogP contribution >= 0.6 is 11.3 Å². The van der Waals surface area contributed by atoms with Crippen LogP contribution in [0.3, 0.4) is 0 Å². The second-order valence-corrected chi connectivity index (χ2v) is 9.42. The predicted molar refractivity (Wildman–Crippen MR) is 125 cm³/mol. The van der Waals surface area contributed by atoms with Crippen molar-refractivity contribution in [2.24, 2.45) is 0 Å². The van der Waals surface area contributed by atoms with Crippen LogP contribution in [0.4, 0.5) is 0 Å². The van der Waals surface area contributed by atoms with E-state index in [4.69, 9.17) is 4.74 Å². The third-order valence-electron chi connectivity index (χ3n) is 5.41. The second kappa shape index (κ2) is 10.3. The van der Waals surface area contributed by atoms with Gasteiger partial charge in [0.05, 0.1) is 33.8 Å². The first-order valence-electron chi connectivity index (χ1n) is 10.8. The highest BCUT2D eigenvalue weighted by molar-refractivity contribution is 7.14. The number of ketones is 1. The van der Waals surface area contributed by atoms with E-state index in [9.17, 15) is 14.7 Å². The Labute approximate surface area is 193 Å². The average Bonchev–Trinajstić information content (AvgIpc) is 3.22. The van der Waals surface area contributed by atoms with E-state index in [1.165, 1.54) is 11.3 Å². The molecule has 0 saturated heterocycles. The molecule has 8 heteroatoms. The van der Waals surface area contributed by atoms with Crippen molar-refractivity contribution in [3.05, 3.63) is 56.7 Å². The summed E-state index contributed by atoms with van der Waals surface area (Å²) in [6.45, 7) is 7.34. The SMILES string of the molecule is CCCCOc1ccc(C2C(C(=O)c3sc(C)nc3C)=C(O)C(=O)N2CCN(C)C)cc1. The lowest BCUT2D eigenvalue weighted by atomic mass is 9.95. The number of rotatable bonds is 10. The number of aliphatic hydroxyl groups is 1. The predicted octanol–water partition coefficient (Wildman–Crippen LogP) is 4.08. The minimum atomic E-state index is -0.665. The molecule has 0 fully saturated rings. The lowest BCUT2D eigenvalue weighted by molar-refractivity contribution is -0.129. The Bertz CT molecular complexity index is 1010. The molecule has 1 N–H and O–H groups in total. The van der Waals surface area contributed by atoms with Gasteiger partial charge in [-0.25, -0.2) is 4.98 Å². The summed E-state index contributed by atoms with van der Waals surface area (Å²) >= 11 is 1.28. The zero-order chi connectivity index (χ0) is 23.4. The molecule has 2 heterocycles. The number of aryl methyl sites for hydroxylation is 2. The molecule has 1 aromatic carbocycles. The molecule has 1 unspecified atom stereocenters. The first-order valence-corrected chi connectivity index (χ1v) is 11.7. The molecule has 3 rings (SSSR count). The summed E-state index contributed by atoms with van der Waals surface area (Å²) in [6, 6.07) is 6.75. The molecule has 0 saturated carbocycles. The Morgan fingerprint density at radius 3 is 2.50 bits per heavy atom. The van der Waals surface area contributed by atoms with Crippen LogP contribution in [0.2, 0.25) is 0 Å². The van der Waals surface area contributed by atoms with E-state index in [1.807, 2.05) is 50.2 Å². The molecule has 1 aliphatic rings. The summed E-state index contributed by atoms with van der Waals surface area (Å²) in [5.41, 5.74) is 1.47. The van der Waals surface area contributed by atoms with Crippen molar-refractivity contribution in [3.8, 4) is 5.75 Å². The van der Waals surface area contributed by atoms with E-state index in [1.54, 1.807) is 11.8 Å². The summed E-state index contributed by atoms with van der Waals surface area (Å²) in [5.74, 6) is -0.615. The van der Waals surface area contributed by atoms with Gasteiger partial charge in [0, 0.05) is 13.1 Å². The van der Waals surface area contributed by atoms with Crippen LogP contribution in [-0.2, 0) is 4.79 Å². The highest BCUT2D eigenvalue weighted by atomic mass is 32.1. The lowest BCUT2D eigenvalue weighted by Crippen LogP contribution is -2.36. The molecule has 0 aliphatic carbocycles. The maximum Gasteiger partial charge on any atom is 0.290 e. The number of thiazole rings is 1. The fourth-order valence-electron chi connectivity index (χ4n) is 3.72. The molecule has 2 aromatic rings. The number of unbranched alkanes of at least 4 members (excludes halogenated alkanes) is 1. The maximum absolute atomic E-state index is 13.5. The number of likely N-dealkylation sites (N-methyl/N-ethyl adjacent to an activating group) is 1. The number of hydrogen-bond acceptors (Lipinski definition) is 7. The zero-order valence-corrected chi connectivity index (χ0v) is 20.2. The highest BCUT2D eigenvalue weighted by Gasteiger charge is 2.44. The largest absolute Gasteiger partial charge is 0.503 e.